The van der Waals surface area contributed by atoms with Crippen LogP contribution in [0.15, 0.2) is 24.3 Å². The highest BCUT2D eigenvalue weighted by molar-refractivity contribution is 5.48. The Morgan fingerprint density at radius 2 is 2.12 bits per heavy atom. The van der Waals surface area contributed by atoms with E-state index >= 15 is 0 Å². The van der Waals surface area contributed by atoms with Gasteiger partial charge in [0.2, 0.25) is 0 Å². The van der Waals surface area contributed by atoms with E-state index in [9.17, 15) is 5.11 Å². The minimum atomic E-state index is 0.342. The molecule has 1 aromatic carbocycles. The average Bonchev–Trinajstić information content (AvgIpc) is 2.30. The van der Waals surface area contributed by atoms with Crippen molar-refractivity contribution in [1.29, 1.82) is 0 Å². The number of phenols is 1. The van der Waals surface area contributed by atoms with E-state index < -0.39 is 0 Å². The van der Waals surface area contributed by atoms with Gasteiger partial charge in [-0.15, -0.1) is 0 Å². The molecule has 0 heterocycles. The summed E-state index contributed by atoms with van der Waals surface area (Å²) >= 11 is 0. The van der Waals surface area contributed by atoms with Crippen LogP contribution >= 0.6 is 0 Å². The second-order valence-corrected chi connectivity index (χ2v) is 4.75. The number of benzene rings is 1. The summed E-state index contributed by atoms with van der Waals surface area (Å²) in [6, 6.07) is 8.02. The molecule has 0 spiro atoms. The van der Waals surface area contributed by atoms with Gasteiger partial charge in [0.1, 0.15) is 5.75 Å². The molecule has 0 saturated heterocycles. The van der Waals surface area contributed by atoms with Gasteiger partial charge in [0, 0.05) is 17.8 Å². The van der Waals surface area contributed by atoms with Crippen molar-refractivity contribution in [3.05, 3.63) is 24.3 Å². The van der Waals surface area contributed by atoms with Gasteiger partial charge >= 0.3 is 0 Å². The fourth-order valence-electron chi connectivity index (χ4n) is 2.70. The van der Waals surface area contributed by atoms with E-state index in [4.69, 9.17) is 0 Å². The molecule has 2 nitrogen and oxygen atoms in total. The number of nitrogens with one attached hydrogen (secondary N) is 1. The van der Waals surface area contributed by atoms with Crippen LogP contribution in [0.2, 0.25) is 0 Å². The van der Waals surface area contributed by atoms with Gasteiger partial charge in [-0.05, 0) is 30.9 Å². The van der Waals surface area contributed by atoms with Crippen molar-refractivity contribution in [2.45, 2.75) is 45.1 Å². The molecule has 2 unspecified atom stereocenters. The van der Waals surface area contributed by atoms with Crippen molar-refractivity contribution in [3.63, 3.8) is 0 Å². The Hall–Kier alpha value is -1.18. The maximum atomic E-state index is 9.43. The molecular weight excluding hydrogens is 198 g/mol. The van der Waals surface area contributed by atoms with E-state index in [0.29, 0.717) is 11.8 Å². The van der Waals surface area contributed by atoms with Crippen LogP contribution in [0.5, 0.6) is 5.75 Å². The van der Waals surface area contributed by atoms with Gasteiger partial charge in [0.25, 0.3) is 0 Å². The normalized spacial score (nSPS) is 25.3. The first kappa shape index (κ1) is 11.3. The summed E-state index contributed by atoms with van der Waals surface area (Å²) in [5, 5.41) is 13.0. The summed E-state index contributed by atoms with van der Waals surface area (Å²) in [5.41, 5.74) is 1.05. The quantitative estimate of drug-likeness (QED) is 0.811. The molecule has 0 bridgehead atoms. The zero-order chi connectivity index (χ0) is 11.4. The Balaban J connectivity index is 2.02. The van der Waals surface area contributed by atoms with Crippen molar-refractivity contribution in [3.8, 4) is 5.75 Å². The molecule has 88 valence electrons. The molecule has 16 heavy (non-hydrogen) atoms. The zero-order valence-electron chi connectivity index (χ0n) is 9.95. The number of hydrogen-bond donors (Lipinski definition) is 2. The standard InChI is InChI=1S/C14H21NO/c1-2-11-6-3-4-9-14(11)15-12-7-5-8-13(16)10-12/h5,7-8,10-11,14-16H,2-4,6,9H2,1H3. The maximum Gasteiger partial charge on any atom is 0.117 e. The molecule has 0 aliphatic heterocycles. The second-order valence-electron chi connectivity index (χ2n) is 4.75. The number of rotatable bonds is 3. The molecule has 1 aliphatic rings. The highest BCUT2D eigenvalue weighted by Crippen LogP contribution is 2.29. The minimum Gasteiger partial charge on any atom is -0.508 e. The number of aromatic hydroxyl groups is 1. The first-order valence-electron chi connectivity index (χ1n) is 6.35. The third-order valence-corrected chi connectivity index (χ3v) is 3.63. The predicted octanol–water partition coefficient (Wildman–Crippen LogP) is 3.77. The van der Waals surface area contributed by atoms with Crippen molar-refractivity contribution < 1.29 is 5.11 Å². The Bertz CT molecular complexity index is 337. The highest BCUT2D eigenvalue weighted by Gasteiger charge is 2.23. The summed E-state index contributed by atoms with van der Waals surface area (Å²) in [4.78, 5) is 0. The Morgan fingerprint density at radius 3 is 2.88 bits per heavy atom. The summed E-state index contributed by atoms with van der Waals surface area (Å²) in [7, 11) is 0. The molecule has 1 aliphatic carbocycles. The third kappa shape index (κ3) is 2.69. The third-order valence-electron chi connectivity index (χ3n) is 3.63. The molecule has 0 aromatic heterocycles. The van der Waals surface area contributed by atoms with E-state index in [1.165, 1.54) is 32.1 Å². The molecule has 2 rings (SSSR count). The molecular formula is C14H21NO. The van der Waals surface area contributed by atoms with Crippen LogP contribution in [0.4, 0.5) is 5.69 Å². The Labute approximate surface area is 97.7 Å². The van der Waals surface area contributed by atoms with E-state index in [1.54, 1.807) is 12.1 Å². The van der Waals surface area contributed by atoms with Gasteiger partial charge < -0.3 is 10.4 Å². The van der Waals surface area contributed by atoms with Gasteiger partial charge in [-0.2, -0.15) is 0 Å². The molecule has 1 aromatic rings. The average molecular weight is 219 g/mol. The molecule has 0 radical (unpaired) electrons. The number of anilines is 1. The fourth-order valence-corrected chi connectivity index (χ4v) is 2.70. The Morgan fingerprint density at radius 1 is 1.31 bits per heavy atom. The lowest BCUT2D eigenvalue weighted by molar-refractivity contribution is 0.317. The van der Waals surface area contributed by atoms with E-state index in [-0.39, 0.29) is 0 Å². The SMILES string of the molecule is CCC1CCCCC1Nc1cccc(O)c1. The fraction of sp³-hybridized carbons (Fsp3) is 0.571. The minimum absolute atomic E-state index is 0.342. The summed E-state index contributed by atoms with van der Waals surface area (Å²) in [6.07, 6.45) is 6.54. The first-order chi connectivity index (χ1) is 7.79. The Kier molecular flexibility index (Phi) is 3.70. The van der Waals surface area contributed by atoms with Crippen LogP contribution in [-0.4, -0.2) is 11.1 Å². The van der Waals surface area contributed by atoms with Gasteiger partial charge in [0.05, 0.1) is 0 Å². The zero-order valence-corrected chi connectivity index (χ0v) is 9.95. The topological polar surface area (TPSA) is 32.3 Å². The van der Waals surface area contributed by atoms with Gasteiger partial charge in [-0.3, -0.25) is 0 Å². The lowest BCUT2D eigenvalue weighted by Crippen LogP contribution is -2.31. The van der Waals surface area contributed by atoms with Gasteiger partial charge in [0.15, 0.2) is 0 Å². The lowest BCUT2D eigenvalue weighted by atomic mass is 9.83. The van der Waals surface area contributed by atoms with E-state index in [2.05, 4.69) is 12.2 Å². The van der Waals surface area contributed by atoms with Gasteiger partial charge in [-0.1, -0.05) is 32.3 Å². The molecule has 2 heteroatoms. The van der Waals surface area contributed by atoms with Crippen LogP contribution in [0.1, 0.15) is 39.0 Å². The molecule has 1 fully saturated rings. The van der Waals surface area contributed by atoms with E-state index in [1.807, 2.05) is 12.1 Å². The van der Waals surface area contributed by atoms with Crippen molar-refractivity contribution >= 4 is 5.69 Å². The second kappa shape index (κ2) is 5.24. The number of phenolic OH excluding ortho intramolecular Hbond substituents is 1. The smallest absolute Gasteiger partial charge is 0.117 e. The molecule has 0 amide bonds. The lowest BCUT2D eigenvalue weighted by Gasteiger charge is -2.32. The molecule has 2 atom stereocenters. The van der Waals surface area contributed by atoms with Crippen LogP contribution < -0.4 is 5.32 Å². The summed E-state index contributed by atoms with van der Waals surface area (Å²) in [6.45, 7) is 2.27. The van der Waals surface area contributed by atoms with Crippen LogP contribution in [-0.2, 0) is 0 Å². The van der Waals surface area contributed by atoms with Crippen LogP contribution in [0.3, 0.4) is 0 Å². The van der Waals surface area contributed by atoms with Crippen molar-refractivity contribution in [2.24, 2.45) is 5.92 Å². The molecule has 1 saturated carbocycles. The maximum absolute atomic E-state index is 9.43. The van der Waals surface area contributed by atoms with Crippen LogP contribution in [0.25, 0.3) is 0 Å². The summed E-state index contributed by atoms with van der Waals surface area (Å²) < 4.78 is 0. The molecule has 2 N–H and O–H groups in total. The van der Waals surface area contributed by atoms with E-state index in [0.717, 1.165) is 11.6 Å². The monoisotopic (exact) mass is 219 g/mol. The number of hydrogen-bond acceptors (Lipinski definition) is 2. The summed E-state index contributed by atoms with van der Waals surface area (Å²) in [5.74, 6) is 1.13. The first-order valence-corrected chi connectivity index (χ1v) is 6.35. The van der Waals surface area contributed by atoms with Crippen molar-refractivity contribution in [1.82, 2.24) is 0 Å². The highest BCUT2D eigenvalue weighted by atomic mass is 16.3. The van der Waals surface area contributed by atoms with Gasteiger partial charge in [-0.25, -0.2) is 0 Å². The predicted molar refractivity (Wildman–Crippen MR) is 67.8 cm³/mol. The largest absolute Gasteiger partial charge is 0.508 e. The van der Waals surface area contributed by atoms with Crippen LogP contribution in [0, 0.1) is 5.92 Å². The van der Waals surface area contributed by atoms with Crippen molar-refractivity contribution in [2.75, 3.05) is 5.32 Å².